The van der Waals surface area contributed by atoms with Crippen molar-refractivity contribution >= 4 is 40.9 Å². The van der Waals surface area contributed by atoms with Crippen LogP contribution in [0.1, 0.15) is 59.0 Å². The van der Waals surface area contributed by atoms with Gasteiger partial charge >= 0.3 is 0 Å². The number of hydrogen-bond donors (Lipinski definition) is 3. The lowest BCUT2D eigenvalue weighted by atomic mass is 9.94. The number of primary amides is 1. The smallest absolute Gasteiger partial charge is 0.291 e. The molecular formula is C23H26ClF2N3O5. The van der Waals surface area contributed by atoms with Crippen molar-refractivity contribution in [3.05, 3.63) is 53.2 Å². The lowest BCUT2D eigenvalue weighted by Crippen LogP contribution is -2.38. The second-order valence-corrected chi connectivity index (χ2v) is 8.14. The van der Waals surface area contributed by atoms with Gasteiger partial charge in [-0.3, -0.25) is 14.5 Å². The van der Waals surface area contributed by atoms with Crippen molar-refractivity contribution in [2.45, 2.75) is 44.7 Å². The van der Waals surface area contributed by atoms with Crippen molar-refractivity contribution in [2.75, 3.05) is 18.5 Å². The molecule has 2 heterocycles. The number of aliphatic hydroxyl groups is 1. The molecule has 11 heteroatoms. The number of carbonyl (C=O) groups excluding carboxylic acids is 2. The molecule has 3 aromatic rings. The lowest BCUT2D eigenvalue weighted by molar-refractivity contribution is 0.0971. The van der Waals surface area contributed by atoms with Crippen molar-refractivity contribution in [2.24, 2.45) is 5.73 Å². The van der Waals surface area contributed by atoms with E-state index in [2.05, 4.69) is 10.2 Å². The van der Waals surface area contributed by atoms with E-state index in [-0.39, 0.29) is 35.8 Å². The van der Waals surface area contributed by atoms with E-state index in [0.29, 0.717) is 31.0 Å². The fourth-order valence-corrected chi connectivity index (χ4v) is 4.35. The maximum Gasteiger partial charge on any atom is 0.291 e. The number of halogens is 3. The molecular weight excluding hydrogens is 472 g/mol. The van der Waals surface area contributed by atoms with Crippen LogP contribution in [0.3, 0.4) is 0 Å². The van der Waals surface area contributed by atoms with E-state index in [4.69, 9.17) is 14.6 Å². The fourth-order valence-electron chi connectivity index (χ4n) is 4.35. The van der Waals surface area contributed by atoms with Gasteiger partial charge < -0.3 is 25.0 Å². The van der Waals surface area contributed by atoms with Gasteiger partial charge in [-0.2, -0.15) is 0 Å². The summed E-state index contributed by atoms with van der Waals surface area (Å²) in [4.78, 5) is 26.7. The third kappa shape index (κ3) is 5.40. The molecule has 184 valence electrons. The van der Waals surface area contributed by atoms with Gasteiger partial charge in [-0.15, -0.1) is 12.4 Å². The van der Waals surface area contributed by atoms with Crippen molar-refractivity contribution in [1.82, 2.24) is 4.90 Å². The molecule has 4 rings (SSSR count). The first-order chi connectivity index (χ1) is 15.9. The zero-order valence-corrected chi connectivity index (χ0v) is 19.1. The molecule has 0 bridgehead atoms. The van der Waals surface area contributed by atoms with E-state index in [1.54, 1.807) is 6.07 Å². The van der Waals surface area contributed by atoms with Gasteiger partial charge in [0, 0.05) is 18.7 Å². The zero-order chi connectivity index (χ0) is 23.5. The summed E-state index contributed by atoms with van der Waals surface area (Å²) in [5.41, 5.74) is 4.66. The summed E-state index contributed by atoms with van der Waals surface area (Å²) in [6, 6.07) is 5.01. The highest BCUT2D eigenvalue weighted by Crippen LogP contribution is 2.33. The van der Waals surface area contributed by atoms with Crippen LogP contribution < -0.4 is 11.1 Å². The molecule has 0 atom stereocenters. The van der Waals surface area contributed by atoms with Crippen LogP contribution in [0.2, 0.25) is 0 Å². The third-order valence-electron chi connectivity index (χ3n) is 5.89. The minimum Gasteiger partial charge on any atom is -0.455 e. The summed E-state index contributed by atoms with van der Waals surface area (Å²) < 4.78 is 38.6. The zero-order valence-electron chi connectivity index (χ0n) is 18.3. The number of fused-ring (bicyclic) bond motifs is 1. The van der Waals surface area contributed by atoms with E-state index >= 15 is 0 Å². The monoisotopic (exact) mass is 497 g/mol. The van der Waals surface area contributed by atoms with Gasteiger partial charge in [0.25, 0.3) is 11.8 Å². The first-order valence-electron chi connectivity index (χ1n) is 10.8. The quantitative estimate of drug-likeness (QED) is 0.428. The molecule has 2 aromatic heterocycles. The van der Waals surface area contributed by atoms with Crippen LogP contribution in [-0.4, -0.2) is 41.0 Å². The highest BCUT2D eigenvalue weighted by atomic mass is 35.5. The second-order valence-electron chi connectivity index (χ2n) is 8.14. The molecule has 8 nitrogen and oxygen atoms in total. The third-order valence-corrected chi connectivity index (χ3v) is 5.89. The molecule has 0 saturated heterocycles. The minimum atomic E-state index is -1.05. The summed E-state index contributed by atoms with van der Waals surface area (Å²) in [6.45, 7) is 0.935. The molecule has 0 radical (unpaired) electrons. The summed E-state index contributed by atoms with van der Waals surface area (Å²) in [5, 5.41) is 11.7. The first kappa shape index (κ1) is 25.7. The van der Waals surface area contributed by atoms with Gasteiger partial charge in [-0.1, -0.05) is 19.3 Å². The van der Waals surface area contributed by atoms with Crippen LogP contribution in [-0.2, 0) is 6.54 Å². The normalized spacial score (nSPS) is 14.4. The number of hydrogen-bond acceptors (Lipinski definition) is 6. The average Bonchev–Trinajstić information content (AvgIpc) is 3.39. The van der Waals surface area contributed by atoms with Crippen LogP contribution in [0, 0.1) is 11.6 Å². The largest absolute Gasteiger partial charge is 0.455 e. The van der Waals surface area contributed by atoms with Crippen molar-refractivity contribution in [1.29, 1.82) is 0 Å². The number of furan rings is 2. The van der Waals surface area contributed by atoms with Gasteiger partial charge in [-0.05, 0) is 31.0 Å². The van der Waals surface area contributed by atoms with Gasteiger partial charge in [0.15, 0.2) is 17.2 Å². The number of anilines is 1. The highest BCUT2D eigenvalue weighted by molar-refractivity contribution is 6.13. The van der Waals surface area contributed by atoms with E-state index < -0.39 is 34.8 Å². The molecule has 1 saturated carbocycles. The summed E-state index contributed by atoms with van der Waals surface area (Å²) in [7, 11) is 0. The van der Waals surface area contributed by atoms with E-state index in [0.717, 1.165) is 31.7 Å². The SMILES string of the molecule is Cl.NC(=O)c1oc2c(F)cc(F)cc2c1NC(=O)c1ccc(CN(CCO)C2CCCCC2)o1. The first-order valence-corrected chi connectivity index (χ1v) is 10.8. The topological polar surface area (TPSA) is 122 Å². The minimum absolute atomic E-state index is 0. The number of benzene rings is 1. The summed E-state index contributed by atoms with van der Waals surface area (Å²) in [5.74, 6) is -3.74. The van der Waals surface area contributed by atoms with E-state index in [9.17, 15) is 23.5 Å². The number of amides is 2. The molecule has 1 aliphatic carbocycles. The summed E-state index contributed by atoms with van der Waals surface area (Å²) >= 11 is 0. The van der Waals surface area contributed by atoms with Crippen LogP contribution >= 0.6 is 12.4 Å². The number of aliphatic hydroxyl groups excluding tert-OH is 1. The van der Waals surface area contributed by atoms with Gasteiger partial charge in [-0.25, -0.2) is 8.78 Å². The van der Waals surface area contributed by atoms with Crippen molar-refractivity contribution in [3.8, 4) is 0 Å². The standard InChI is InChI=1S/C23H25F2N3O5.ClH/c24-13-10-16-19(21(22(26)30)33-20(16)17(25)11-13)27-23(31)18-7-6-15(32-18)12-28(8-9-29)14-4-2-1-3-5-14;/h6-7,10-11,14,29H,1-5,8-9,12H2,(H2,26,30)(H,27,31);1H. The Balaban J connectivity index is 0.00000324. The van der Waals surface area contributed by atoms with Gasteiger partial charge in [0.2, 0.25) is 5.76 Å². The van der Waals surface area contributed by atoms with Gasteiger partial charge in [0.05, 0.1) is 18.5 Å². The Morgan fingerprint density at radius 2 is 1.88 bits per heavy atom. The van der Waals surface area contributed by atoms with E-state index in [1.165, 1.54) is 12.5 Å². The Morgan fingerprint density at radius 3 is 2.56 bits per heavy atom. The van der Waals surface area contributed by atoms with Crippen LogP contribution in [0.15, 0.2) is 33.1 Å². The molecule has 1 aliphatic rings. The Labute approximate surface area is 200 Å². The van der Waals surface area contributed by atoms with Crippen molar-refractivity contribution < 1.29 is 32.3 Å². The molecule has 2 amide bonds. The molecule has 1 fully saturated rings. The average molecular weight is 498 g/mol. The molecule has 0 spiro atoms. The number of carbonyl (C=O) groups is 2. The van der Waals surface area contributed by atoms with E-state index in [1.807, 2.05) is 0 Å². The van der Waals surface area contributed by atoms with Crippen LogP contribution in [0.4, 0.5) is 14.5 Å². The number of nitrogens with zero attached hydrogens (tertiary/aromatic N) is 1. The number of nitrogens with two attached hydrogens (primary N) is 1. The Hall–Kier alpha value is -2.95. The van der Waals surface area contributed by atoms with Gasteiger partial charge in [0.1, 0.15) is 17.3 Å². The predicted octanol–water partition coefficient (Wildman–Crippen LogP) is 4.20. The summed E-state index contributed by atoms with van der Waals surface area (Å²) in [6.07, 6.45) is 5.58. The molecule has 1 aromatic carbocycles. The second kappa shape index (κ2) is 11.0. The predicted molar refractivity (Wildman–Crippen MR) is 123 cm³/mol. The molecule has 0 aliphatic heterocycles. The lowest BCUT2D eigenvalue weighted by Gasteiger charge is -2.33. The maximum absolute atomic E-state index is 14.1. The van der Waals surface area contributed by atoms with Crippen molar-refractivity contribution in [3.63, 3.8) is 0 Å². The number of nitrogens with one attached hydrogen (secondary N) is 1. The van der Waals surface area contributed by atoms with Crippen LogP contribution in [0.5, 0.6) is 0 Å². The van der Waals surface area contributed by atoms with Crippen LogP contribution in [0.25, 0.3) is 11.0 Å². The Bertz CT molecular complexity index is 1170. The number of rotatable bonds is 8. The highest BCUT2D eigenvalue weighted by Gasteiger charge is 2.26. The Morgan fingerprint density at radius 1 is 1.15 bits per heavy atom. The molecule has 34 heavy (non-hydrogen) atoms. The maximum atomic E-state index is 14.1. The molecule has 4 N–H and O–H groups in total. The Kier molecular flexibility index (Phi) is 8.29. The molecule has 0 unspecified atom stereocenters. The fraction of sp³-hybridized carbons (Fsp3) is 0.391.